The van der Waals surface area contributed by atoms with E-state index < -0.39 is 14.6 Å². The summed E-state index contributed by atoms with van der Waals surface area (Å²) in [6, 6.07) is 4.48. The highest BCUT2D eigenvalue weighted by Crippen LogP contribution is 2.40. The molecule has 1 aromatic heterocycles. The van der Waals surface area contributed by atoms with Gasteiger partial charge in [-0.3, -0.25) is 0 Å². The van der Waals surface area contributed by atoms with Crippen molar-refractivity contribution in [1.29, 1.82) is 0 Å². The van der Waals surface area contributed by atoms with E-state index in [1.807, 2.05) is 20.8 Å². The SMILES string of the molecule is CC(C)(C)S(=O)(=O)CC1CCC(C2=Cc3nc(N4CCCCC4)ccc3C2)CC1. The number of sulfone groups is 1. The molecule has 0 amide bonds. The van der Waals surface area contributed by atoms with Crippen LogP contribution in [0.15, 0.2) is 17.7 Å². The van der Waals surface area contributed by atoms with Crippen molar-refractivity contribution in [2.24, 2.45) is 11.8 Å². The standard InChI is InChI=1S/C24H36N2O2S/c1-24(2,3)29(27,28)17-18-7-9-19(10-8-18)21-15-20-11-12-23(25-22(20)16-21)26-13-5-4-6-14-26/h11-12,16,18-19H,4-10,13-15,17H2,1-3H3. The number of piperidine rings is 1. The number of fused-ring (bicyclic) bond motifs is 1. The van der Waals surface area contributed by atoms with Crippen LogP contribution < -0.4 is 4.90 Å². The number of aromatic nitrogens is 1. The summed E-state index contributed by atoms with van der Waals surface area (Å²) in [5.41, 5.74) is 4.04. The van der Waals surface area contributed by atoms with Gasteiger partial charge in [0.2, 0.25) is 0 Å². The van der Waals surface area contributed by atoms with Crippen molar-refractivity contribution >= 4 is 21.7 Å². The molecule has 4 rings (SSSR count). The minimum Gasteiger partial charge on any atom is -0.357 e. The molecule has 0 aromatic carbocycles. The third kappa shape index (κ3) is 4.55. The number of nitrogens with zero attached hydrogens (tertiary/aromatic N) is 2. The van der Waals surface area contributed by atoms with Gasteiger partial charge >= 0.3 is 0 Å². The number of rotatable bonds is 4. The van der Waals surface area contributed by atoms with Crippen molar-refractivity contribution < 1.29 is 8.42 Å². The second-order valence-corrected chi connectivity index (χ2v) is 13.1. The van der Waals surface area contributed by atoms with E-state index in [1.165, 1.54) is 36.1 Å². The highest BCUT2D eigenvalue weighted by atomic mass is 32.2. The lowest BCUT2D eigenvalue weighted by Gasteiger charge is -2.31. The second kappa shape index (κ2) is 8.05. The minimum absolute atomic E-state index is 0.323. The first kappa shape index (κ1) is 20.9. The zero-order valence-electron chi connectivity index (χ0n) is 18.3. The van der Waals surface area contributed by atoms with E-state index in [9.17, 15) is 8.42 Å². The molecule has 0 radical (unpaired) electrons. The first-order valence-corrected chi connectivity index (χ1v) is 13.1. The van der Waals surface area contributed by atoms with E-state index in [-0.39, 0.29) is 0 Å². The van der Waals surface area contributed by atoms with Gasteiger partial charge in [-0.2, -0.15) is 0 Å². The smallest absolute Gasteiger partial charge is 0.155 e. The predicted octanol–water partition coefficient (Wildman–Crippen LogP) is 5.03. The maximum atomic E-state index is 12.5. The lowest BCUT2D eigenvalue weighted by molar-refractivity contribution is 0.319. The largest absolute Gasteiger partial charge is 0.357 e. The highest BCUT2D eigenvalue weighted by molar-refractivity contribution is 7.92. The fourth-order valence-electron chi connectivity index (χ4n) is 5.04. The summed E-state index contributed by atoms with van der Waals surface area (Å²) in [6.45, 7) is 7.71. The van der Waals surface area contributed by atoms with Gasteiger partial charge in [0.05, 0.1) is 16.2 Å². The number of allylic oxidation sites excluding steroid dienone is 1. The van der Waals surface area contributed by atoms with Crippen molar-refractivity contribution in [2.45, 2.75) is 76.9 Å². The summed E-state index contributed by atoms with van der Waals surface area (Å²) in [4.78, 5) is 7.41. The molecule has 0 N–H and O–H groups in total. The van der Waals surface area contributed by atoms with Crippen LogP contribution in [0.1, 0.15) is 77.0 Å². The molecule has 2 aliphatic carbocycles. The number of hydrogen-bond acceptors (Lipinski definition) is 4. The van der Waals surface area contributed by atoms with Gasteiger partial charge in [0.15, 0.2) is 9.84 Å². The van der Waals surface area contributed by atoms with E-state index in [4.69, 9.17) is 4.98 Å². The molecule has 29 heavy (non-hydrogen) atoms. The zero-order valence-corrected chi connectivity index (χ0v) is 19.1. The molecule has 2 heterocycles. The third-order valence-corrected chi connectivity index (χ3v) is 9.93. The van der Waals surface area contributed by atoms with Crippen molar-refractivity contribution in [3.05, 3.63) is 29.0 Å². The van der Waals surface area contributed by atoms with Crippen LogP contribution in [0.3, 0.4) is 0 Å². The quantitative estimate of drug-likeness (QED) is 0.691. The summed E-state index contributed by atoms with van der Waals surface area (Å²) < 4.78 is 24.4. The number of pyridine rings is 1. The molecular weight excluding hydrogens is 380 g/mol. The Labute approximate surface area is 176 Å². The van der Waals surface area contributed by atoms with Crippen LogP contribution >= 0.6 is 0 Å². The van der Waals surface area contributed by atoms with Crippen LogP contribution in [0, 0.1) is 11.8 Å². The van der Waals surface area contributed by atoms with Crippen molar-refractivity contribution in [2.75, 3.05) is 23.7 Å². The van der Waals surface area contributed by atoms with Crippen LogP contribution in [0.2, 0.25) is 0 Å². The van der Waals surface area contributed by atoms with Crippen LogP contribution in [0.5, 0.6) is 0 Å². The Balaban J connectivity index is 1.37. The van der Waals surface area contributed by atoms with Gasteiger partial charge in [0, 0.05) is 13.1 Å². The molecule has 1 saturated carbocycles. The van der Waals surface area contributed by atoms with E-state index in [2.05, 4.69) is 23.1 Å². The minimum atomic E-state index is -3.02. The molecule has 5 heteroatoms. The first-order chi connectivity index (χ1) is 13.7. The van der Waals surface area contributed by atoms with E-state index in [1.54, 1.807) is 0 Å². The van der Waals surface area contributed by atoms with Crippen molar-refractivity contribution in [3.8, 4) is 0 Å². The van der Waals surface area contributed by atoms with Gasteiger partial charge < -0.3 is 4.90 Å². The summed E-state index contributed by atoms with van der Waals surface area (Å²) in [5, 5.41) is 0. The number of hydrogen-bond donors (Lipinski definition) is 0. The Morgan fingerprint density at radius 3 is 2.38 bits per heavy atom. The zero-order chi connectivity index (χ0) is 20.6. The Hall–Kier alpha value is -1.36. The molecule has 1 aliphatic heterocycles. The van der Waals surface area contributed by atoms with Crippen molar-refractivity contribution in [3.63, 3.8) is 0 Å². The van der Waals surface area contributed by atoms with E-state index in [0.29, 0.717) is 17.6 Å². The van der Waals surface area contributed by atoms with Crippen LogP contribution in [0.25, 0.3) is 6.08 Å². The van der Waals surface area contributed by atoms with Gasteiger partial charge in [0.25, 0.3) is 0 Å². The lowest BCUT2D eigenvalue weighted by Crippen LogP contribution is -2.34. The predicted molar refractivity (Wildman–Crippen MR) is 121 cm³/mol. The molecular formula is C24H36N2O2S. The van der Waals surface area contributed by atoms with Gasteiger partial charge in [-0.15, -0.1) is 0 Å². The van der Waals surface area contributed by atoms with Crippen LogP contribution in [-0.4, -0.2) is 37.0 Å². The second-order valence-electron chi connectivity index (χ2n) is 10.3. The maximum absolute atomic E-state index is 12.5. The van der Waals surface area contributed by atoms with E-state index in [0.717, 1.165) is 51.0 Å². The van der Waals surface area contributed by atoms with Gasteiger partial charge in [-0.25, -0.2) is 13.4 Å². The Morgan fingerprint density at radius 1 is 1.03 bits per heavy atom. The Bertz CT molecular complexity index is 869. The first-order valence-electron chi connectivity index (χ1n) is 11.4. The van der Waals surface area contributed by atoms with Gasteiger partial charge in [-0.05, 0) is 102 Å². The lowest BCUT2D eigenvalue weighted by atomic mass is 9.78. The summed E-state index contributed by atoms with van der Waals surface area (Å²) in [7, 11) is -3.02. The molecule has 0 unspecified atom stereocenters. The monoisotopic (exact) mass is 416 g/mol. The summed E-state index contributed by atoms with van der Waals surface area (Å²) in [6.07, 6.45) is 11.5. The molecule has 0 atom stereocenters. The van der Waals surface area contributed by atoms with Crippen LogP contribution in [-0.2, 0) is 16.3 Å². The Morgan fingerprint density at radius 2 is 1.72 bits per heavy atom. The average molecular weight is 417 g/mol. The summed E-state index contributed by atoms with van der Waals surface area (Å²) in [5.74, 6) is 2.40. The van der Waals surface area contributed by atoms with Gasteiger partial charge in [0.1, 0.15) is 5.82 Å². The maximum Gasteiger partial charge on any atom is 0.155 e. The molecule has 2 fully saturated rings. The molecule has 1 saturated heterocycles. The topological polar surface area (TPSA) is 50.3 Å². The van der Waals surface area contributed by atoms with Gasteiger partial charge in [-0.1, -0.05) is 11.6 Å². The molecule has 160 valence electrons. The number of anilines is 1. The van der Waals surface area contributed by atoms with E-state index >= 15 is 0 Å². The molecule has 3 aliphatic rings. The fourth-order valence-corrected chi connectivity index (χ4v) is 6.49. The van der Waals surface area contributed by atoms with Crippen LogP contribution in [0.4, 0.5) is 5.82 Å². The third-order valence-electron chi connectivity index (χ3n) is 7.15. The molecule has 0 spiro atoms. The molecule has 0 bridgehead atoms. The highest BCUT2D eigenvalue weighted by Gasteiger charge is 2.34. The Kier molecular flexibility index (Phi) is 5.80. The fraction of sp³-hybridized carbons (Fsp3) is 0.708. The normalized spacial score (nSPS) is 25.6. The average Bonchev–Trinajstić information content (AvgIpc) is 3.11. The van der Waals surface area contributed by atoms with Crippen molar-refractivity contribution in [1.82, 2.24) is 4.98 Å². The molecule has 4 nitrogen and oxygen atoms in total. The molecule has 1 aromatic rings. The summed E-state index contributed by atoms with van der Waals surface area (Å²) >= 11 is 0.